The summed E-state index contributed by atoms with van der Waals surface area (Å²) in [4.78, 5) is 14.0. The zero-order chi connectivity index (χ0) is 20.1. The van der Waals surface area contributed by atoms with Crippen molar-refractivity contribution in [2.75, 3.05) is 5.32 Å². The van der Waals surface area contributed by atoms with Crippen molar-refractivity contribution in [2.45, 2.75) is 19.3 Å². The molecule has 0 aliphatic rings. The average molecular weight is 392 g/mol. The van der Waals surface area contributed by atoms with Crippen molar-refractivity contribution in [1.82, 2.24) is 4.90 Å². The molecule has 1 heterocycles. The second-order valence-electron chi connectivity index (χ2n) is 6.07. The summed E-state index contributed by atoms with van der Waals surface area (Å²) in [6, 6.07) is 12.8. The van der Waals surface area contributed by atoms with E-state index >= 15 is 0 Å². The first-order valence-electron chi connectivity index (χ1n) is 8.31. The van der Waals surface area contributed by atoms with Gasteiger partial charge in [0.05, 0.1) is 18.4 Å². The van der Waals surface area contributed by atoms with E-state index in [4.69, 9.17) is 4.42 Å². The predicted octanol–water partition coefficient (Wildman–Crippen LogP) is 5.67. The third-order valence-electron chi connectivity index (χ3n) is 3.94. The van der Waals surface area contributed by atoms with Crippen LogP contribution in [-0.4, -0.2) is 10.9 Å². The number of carbonyl (C=O) groups is 1. The van der Waals surface area contributed by atoms with Gasteiger partial charge in [-0.1, -0.05) is 18.2 Å². The number of urea groups is 1. The van der Waals surface area contributed by atoms with E-state index < -0.39 is 23.6 Å². The van der Waals surface area contributed by atoms with E-state index in [0.717, 1.165) is 12.1 Å². The summed E-state index contributed by atoms with van der Waals surface area (Å²) < 4.78 is 56.7. The summed E-state index contributed by atoms with van der Waals surface area (Å²) in [5.41, 5.74) is 0.00820. The minimum absolute atomic E-state index is 0.0417. The zero-order valence-corrected chi connectivity index (χ0v) is 14.5. The van der Waals surface area contributed by atoms with Crippen molar-refractivity contribution in [3.05, 3.63) is 89.6 Å². The molecule has 3 aromatic rings. The van der Waals surface area contributed by atoms with E-state index in [1.54, 1.807) is 12.1 Å². The molecule has 146 valence electrons. The summed E-state index contributed by atoms with van der Waals surface area (Å²) in [7, 11) is 0. The smallest absolute Gasteiger partial charge is 0.416 e. The molecule has 28 heavy (non-hydrogen) atoms. The van der Waals surface area contributed by atoms with Crippen molar-refractivity contribution >= 4 is 11.7 Å². The van der Waals surface area contributed by atoms with Crippen LogP contribution in [0.5, 0.6) is 0 Å². The Kier molecular flexibility index (Phi) is 5.67. The summed E-state index contributed by atoms with van der Waals surface area (Å²) in [5.74, 6) is -0.000530. The Labute approximate surface area is 158 Å². The number of furan rings is 1. The lowest BCUT2D eigenvalue weighted by molar-refractivity contribution is -0.137. The van der Waals surface area contributed by atoms with Gasteiger partial charge in [0, 0.05) is 12.2 Å². The highest BCUT2D eigenvalue weighted by Crippen LogP contribution is 2.29. The highest BCUT2D eigenvalue weighted by Gasteiger charge is 2.30. The molecule has 2 aromatic carbocycles. The minimum Gasteiger partial charge on any atom is -0.467 e. The first kappa shape index (κ1) is 19.5. The number of rotatable bonds is 5. The van der Waals surface area contributed by atoms with Gasteiger partial charge in [-0.25, -0.2) is 9.18 Å². The van der Waals surface area contributed by atoms with Crippen LogP contribution in [0.1, 0.15) is 16.9 Å². The second-order valence-corrected chi connectivity index (χ2v) is 6.07. The Morgan fingerprint density at radius 3 is 2.36 bits per heavy atom. The van der Waals surface area contributed by atoms with Gasteiger partial charge in [-0.15, -0.1) is 0 Å². The summed E-state index contributed by atoms with van der Waals surface area (Å²) >= 11 is 0. The molecule has 0 unspecified atom stereocenters. The molecule has 0 saturated heterocycles. The van der Waals surface area contributed by atoms with Gasteiger partial charge in [-0.2, -0.15) is 13.2 Å². The number of anilines is 1. The van der Waals surface area contributed by atoms with Crippen molar-refractivity contribution < 1.29 is 26.8 Å². The third kappa shape index (κ3) is 5.12. The van der Waals surface area contributed by atoms with Gasteiger partial charge >= 0.3 is 12.2 Å². The van der Waals surface area contributed by atoms with Gasteiger partial charge in [-0.3, -0.25) is 0 Å². The maximum absolute atomic E-state index is 13.3. The average Bonchev–Trinajstić information content (AvgIpc) is 3.14. The standard InChI is InChI=1S/C20H16F4N2O2/c21-16-3-1-4-17(11-16)25-19(27)26(13-18-5-2-10-28-18)12-14-6-8-15(9-7-14)20(22,23)24/h1-11H,12-13H2,(H,25,27). The van der Waals surface area contributed by atoms with E-state index in [1.165, 1.54) is 47.6 Å². The fraction of sp³-hybridized carbons (Fsp3) is 0.150. The molecule has 3 rings (SSSR count). The minimum atomic E-state index is -4.43. The van der Waals surface area contributed by atoms with Gasteiger partial charge in [0.15, 0.2) is 0 Å². The predicted molar refractivity (Wildman–Crippen MR) is 94.8 cm³/mol. The van der Waals surface area contributed by atoms with Gasteiger partial charge in [0.1, 0.15) is 11.6 Å². The fourth-order valence-electron chi connectivity index (χ4n) is 2.58. The summed E-state index contributed by atoms with van der Waals surface area (Å²) in [6.45, 7) is 0.134. The van der Waals surface area contributed by atoms with E-state index in [0.29, 0.717) is 11.3 Å². The Morgan fingerprint density at radius 1 is 1.00 bits per heavy atom. The number of nitrogens with one attached hydrogen (secondary N) is 1. The molecule has 0 saturated carbocycles. The third-order valence-corrected chi connectivity index (χ3v) is 3.94. The molecule has 1 N–H and O–H groups in total. The maximum Gasteiger partial charge on any atom is 0.416 e. The maximum atomic E-state index is 13.3. The van der Waals surface area contributed by atoms with E-state index in [2.05, 4.69) is 5.32 Å². The van der Waals surface area contributed by atoms with Crippen LogP contribution >= 0.6 is 0 Å². The van der Waals surface area contributed by atoms with Crippen LogP contribution in [0.3, 0.4) is 0 Å². The molecular formula is C20H16F4N2O2. The van der Waals surface area contributed by atoms with Crippen molar-refractivity contribution in [1.29, 1.82) is 0 Å². The molecule has 1 aromatic heterocycles. The van der Waals surface area contributed by atoms with Gasteiger partial charge in [0.2, 0.25) is 0 Å². The molecule has 0 spiro atoms. The largest absolute Gasteiger partial charge is 0.467 e. The first-order valence-corrected chi connectivity index (χ1v) is 8.31. The van der Waals surface area contributed by atoms with Crippen LogP contribution in [0.4, 0.5) is 28.0 Å². The fourth-order valence-corrected chi connectivity index (χ4v) is 2.58. The first-order chi connectivity index (χ1) is 13.3. The summed E-state index contributed by atoms with van der Waals surface area (Å²) in [5, 5.41) is 2.58. The summed E-state index contributed by atoms with van der Waals surface area (Å²) in [6.07, 6.45) is -2.97. The van der Waals surface area contributed by atoms with E-state index in [-0.39, 0.29) is 18.8 Å². The molecule has 0 fully saturated rings. The monoisotopic (exact) mass is 392 g/mol. The molecule has 8 heteroatoms. The van der Waals surface area contributed by atoms with E-state index in [1.807, 2.05) is 0 Å². The number of halogens is 4. The second kappa shape index (κ2) is 8.16. The van der Waals surface area contributed by atoms with Crippen molar-refractivity contribution in [3.63, 3.8) is 0 Å². The number of benzene rings is 2. The lowest BCUT2D eigenvalue weighted by Gasteiger charge is -2.22. The Hall–Kier alpha value is -3.29. The molecule has 0 radical (unpaired) electrons. The van der Waals surface area contributed by atoms with Crippen LogP contribution in [0, 0.1) is 5.82 Å². The highest BCUT2D eigenvalue weighted by molar-refractivity contribution is 5.89. The number of amides is 2. The van der Waals surface area contributed by atoms with Gasteiger partial charge in [0.25, 0.3) is 0 Å². The normalized spacial score (nSPS) is 11.3. The molecule has 0 bridgehead atoms. The van der Waals surface area contributed by atoms with Crippen LogP contribution in [0.25, 0.3) is 0 Å². The van der Waals surface area contributed by atoms with Crippen molar-refractivity contribution in [3.8, 4) is 0 Å². The number of alkyl halides is 3. The topological polar surface area (TPSA) is 45.5 Å². The zero-order valence-electron chi connectivity index (χ0n) is 14.5. The number of hydrogen-bond acceptors (Lipinski definition) is 2. The van der Waals surface area contributed by atoms with Crippen LogP contribution in [0.15, 0.2) is 71.3 Å². The molecular weight excluding hydrogens is 376 g/mol. The van der Waals surface area contributed by atoms with Crippen LogP contribution in [0.2, 0.25) is 0 Å². The lowest BCUT2D eigenvalue weighted by atomic mass is 10.1. The molecule has 0 aliphatic carbocycles. The Morgan fingerprint density at radius 2 is 1.75 bits per heavy atom. The van der Waals surface area contributed by atoms with E-state index in [9.17, 15) is 22.4 Å². The molecule has 0 aliphatic heterocycles. The molecule has 2 amide bonds. The number of nitrogens with zero attached hydrogens (tertiary/aromatic N) is 1. The van der Waals surface area contributed by atoms with Gasteiger partial charge in [-0.05, 0) is 48.0 Å². The number of carbonyl (C=O) groups excluding carboxylic acids is 1. The van der Waals surface area contributed by atoms with Crippen LogP contribution < -0.4 is 5.32 Å². The lowest BCUT2D eigenvalue weighted by Crippen LogP contribution is -2.34. The SMILES string of the molecule is O=C(Nc1cccc(F)c1)N(Cc1ccc(C(F)(F)F)cc1)Cc1ccco1. The van der Waals surface area contributed by atoms with Crippen molar-refractivity contribution in [2.24, 2.45) is 0 Å². The van der Waals surface area contributed by atoms with Crippen LogP contribution in [-0.2, 0) is 19.3 Å². The molecule has 0 atom stereocenters. The molecule has 4 nitrogen and oxygen atoms in total. The Balaban J connectivity index is 1.77. The Bertz CT molecular complexity index is 922. The quantitative estimate of drug-likeness (QED) is 0.569. The van der Waals surface area contributed by atoms with Gasteiger partial charge < -0.3 is 14.6 Å². The number of hydrogen-bond donors (Lipinski definition) is 1. The highest BCUT2D eigenvalue weighted by atomic mass is 19.4.